The van der Waals surface area contributed by atoms with Crippen LogP contribution in [0.15, 0.2) is 12.7 Å². The van der Waals surface area contributed by atoms with Crippen molar-refractivity contribution < 1.29 is 19.0 Å². The van der Waals surface area contributed by atoms with Gasteiger partial charge in [-0.25, -0.2) is 4.79 Å². The Bertz CT molecular complexity index is 272. The average Bonchev–Trinajstić information content (AvgIpc) is 2.36. The molecule has 0 bridgehead atoms. The van der Waals surface area contributed by atoms with Gasteiger partial charge in [0.25, 0.3) is 0 Å². The van der Waals surface area contributed by atoms with Crippen molar-refractivity contribution in [3.8, 4) is 0 Å². The van der Waals surface area contributed by atoms with Gasteiger partial charge in [0.05, 0.1) is 0 Å². The lowest BCUT2D eigenvalue weighted by Gasteiger charge is -2.29. The zero-order valence-corrected chi connectivity index (χ0v) is 9.70. The van der Waals surface area contributed by atoms with Crippen molar-refractivity contribution in [1.82, 2.24) is 0 Å². The molecule has 1 rings (SSSR count). The van der Waals surface area contributed by atoms with Gasteiger partial charge in [0, 0.05) is 12.5 Å². The zero-order valence-electron chi connectivity index (χ0n) is 9.70. The summed E-state index contributed by atoms with van der Waals surface area (Å²) in [4.78, 5) is 11.2. The van der Waals surface area contributed by atoms with Crippen LogP contribution >= 0.6 is 0 Å². The predicted molar refractivity (Wildman–Crippen MR) is 55.0 cm³/mol. The Balaban J connectivity index is 2.85. The SMILES string of the molecule is C=CC(=O)OC1(CC)OC(C)(C)OC1C. The van der Waals surface area contributed by atoms with E-state index >= 15 is 0 Å². The molecule has 1 fully saturated rings. The molecule has 2 atom stereocenters. The molecule has 2 unspecified atom stereocenters. The molecule has 0 aromatic heterocycles. The van der Waals surface area contributed by atoms with Crippen LogP contribution in [0.25, 0.3) is 0 Å². The van der Waals surface area contributed by atoms with Gasteiger partial charge in [-0.05, 0) is 20.8 Å². The lowest BCUT2D eigenvalue weighted by atomic mass is 10.1. The molecule has 15 heavy (non-hydrogen) atoms. The Morgan fingerprint density at radius 1 is 1.60 bits per heavy atom. The average molecular weight is 214 g/mol. The number of esters is 1. The van der Waals surface area contributed by atoms with Crippen molar-refractivity contribution in [2.24, 2.45) is 0 Å². The van der Waals surface area contributed by atoms with E-state index in [-0.39, 0.29) is 6.10 Å². The highest BCUT2D eigenvalue weighted by Gasteiger charge is 2.52. The van der Waals surface area contributed by atoms with Gasteiger partial charge in [-0.3, -0.25) is 0 Å². The molecule has 0 N–H and O–H groups in total. The van der Waals surface area contributed by atoms with Crippen LogP contribution in [0.1, 0.15) is 34.1 Å². The summed E-state index contributed by atoms with van der Waals surface area (Å²) >= 11 is 0. The maximum atomic E-state index is 11.2. The van der Waals surface area contributed by atoms with Crippen molar-refractivity contribution >= 4 is 5.97 Å². The molecule has 86 valence electrons. The van der Waals surface area contributed by atoms with Gasteiger partial charge in [-0.15, -0.1) is 0 Å². The van der Waals surface area contributed by atoms with E-state index in [1.54, 1.807) is 13.8 Å². The minimum absolute atomic E-state index is 0.290. The van der Waals surface area contributed by atoms with Crippen molar-refractivity contribution in [3.05, 3.63) is 12.7 Å². The van der Waals surface area contributed by atoms with Gasteiger partial charge in [0.2, 0.25) is 5.79 Å². The fourth-order valence-corrected chi connectivity index (χ4v) is 1.79. The molecule has 0 amide bonds. The van der Waals surface area contributed by atoms with Crippen molar-refractivity contribution in [2.75, 3.05) is 0 Å². The quantitative estimate of drug-likeness (QED) is 0.532. The highest BCUT2D eigenvalue weighted by molar-refractivity contribution is 5.81. The first-order valence-corrected chi connectivity index (χ1v) is 5.08. The largest absolute Gasteiger partial charge is 0.427 e. The number of hydrogen-bond donors (Lipinski definition) is 0. The van der Waals surface area contributed by atoms with E-state index in [1.807, 2.05) is 13.8 Å². The zero-order chi connectivity index (χ0) is 11.7. The lowest BCUT2D eigenvalue weighted by molar-refractivity contribution is -0.246. The molecule has 0 aromatic carbocycles. The van der Waals surface area contributed by atoms with Gasteiger partial charge in [0.15, 0.2) is 5.79 Å². The molecule has 1 aliphatic rings. The highest BCUT2D eigenvalue weighted by atomic mass is 16.8. The number of carbonyl (C=O) groups is 1. The van der Waals surface area contributed by atoms with E-state index in [9.17, 15) is 4.79 Å². The fourth-order valence-electron chi connectivity index (χ4n) is 1.79. The third kappa shape index (κ3) is 2.38. The molecule has 0 aliphatic carbocycles. The first-order valence-electron chi connectivity index (χ1n) is 5.08. The van der Waals surface area contributed by atoms with E-state index in [0.717, 1.165) is 6.08 Å². The Morgan fingerprint density at radius 3 is 2.53 bits per heavy atom. The molecule has 0 aromatic rings. The van der Waals surface area contributed by atoms with Crippen LogP contribution in [-0.4, -0.2) is 23.6 Å². The molecule has 1 aliphatic heterocycles. The summed E-state index contributed by atoms with van der Waals surface area (Å²) in [7, 11) is 0. The highest BCUT2D eigenvalue weighted by Crippen LogP contribution is 2.39. The second-order valence-electron chi connectivity index (χ2n) is 4.05. The number of ether oxygens (including phenoxy) is 3. The van der Waals surface area contributed by atoms with Crippen molar-refractivity contribution in [2.45, 2.75) is 51.8 Å². The minimum atomic E-state index is -0.991. The normalized spacial score (nSPS) is 33.7. The first kappa shape index (κ1) is 12.2. The monoisotopic (exact) mass is 214 g/mol. The van der Waals surface area contributed by atoms with Gasteiger partial charge in [0.1, 0.15) is 6.10 Å². The smallest absolute Gasteiger partial charge is 0.332 e. The third-order valence-electron chi connectivity index (χ3n) is 2.43. The topological polar surface area (TPSA) is 44.8 Å². The van der Waals surface area contributed by atoms with Crippen LogP contribution in [0.3, 0.4) is 0 Å². The number of rotatable bonds is 3. The summed E-state index contributed by atoms with van der Waals surface area (Å²) < 4.78 is 16.5. The molecule has 4 heteroatoms. The molecular formula is C11H18O4. The summed E-state index contributed by atoms with van der Waals surface area (Å²) in [6.07, 6.45) is 1.37. The molecule has 0 radical (unpaired) electrons. The van der Waals surface area contributed by atoms with E-state index in [1.165, 1.54) is 0 Å². The Labute approximate surface area is 90.2 Å². The van der Waals surface area contributed by atoms with Gasteiger partial charge in [-0.2, -0.15) is 0 Å². The Hall–Kier alpha value is -0.870. The minimum Gasteiger partial charge on any atom is -0.427 e. The Kier molecular flexibility index (Phi) is 3.21. The third-order valence-corrected chi connectivity index (χ3v) is 2.43. The van der Waals surface area contributed by atoms with Crippen LogP contribution in [-0.2, 0) is 19.0 Å². The Morgan fingerprint density at radius 2 is 2.20 bits per heavy atom. The first-order chi connectivity index (χ1) is 6.85. The molecule has 4 nitrogen and oxygen atoms in total. The molecule has 1 heterocycles. The summed E-state index contributed by atoms with van der Waals surface area (Å²) in [6, 6.07) is 0. The van der Waals surface area contributed by atoms with Gasteiger partial charge < -0.3 is 14.2 Å². The summed E-state index contributed by atoms with van der Waals surface area (Å²) in [5.74, 6) is -2.21. The molecule has 0 spiro atoms. The maximum Gasteiger partial charge on any atom is 0.332 e. The second-order valence-corrected chi connectivity index (χ2v) is 4.05. The van der Waals surface area contributed by atoms with Gasteiger partial charge in [-0.1, -0.05) is 13.5 Å². The van der Waals surface area contributed by atoms with Crippen LogP contribution in [0.2, 0.25) is 0 Å². The fraction of sp³-hybridized carbons (Fsp3) is 0.727. The lowest BCUT2D eigenvalue weighted by Crippen LogP contribution is -2.42. The van der Waals surface area contributed by atoms with E-state index in [4.69, 9.17) is 14.2 Å². The molecular weight excluding hydrogens is 196 g/mol. The van der Waals surface area contributed by atoms with Crippen molar-refractivity contribution in [1.29, 1.82) is 0 Å². The number of carbonyl (C=O) groups excluding carboxylic acids is 1. The van der Waals surface area contributed by atoms with Crippen molar-refractivity contribution in [3.63, 3.8) is 0 Å². The number of hydrogen-bond acceptors (Lipinski definition) is 4. The van der Waals surface area contributed by atoms with Crippen LogP contribution in [0, 0.1) is 0 Å². The molecule has 1 saturated heterocycles. The summed E-state index contributed by atoms with van der Waals surface area (Å²) in [5, 5.41) is 0. The van der Waals surface area contributed by atoms with Gasteiger partial charge >= 0.3 is 5.97 Å². The second kappa shape index (κ2) is 3.94. The predicted octanol–water partition coefficient (Wildman–Crippen LogP) is 1.99. The van der Waals surface area contributed by atoms with Crippen LogP contribution in [0.4, 0.5) is 0 Å². The van der Waals surface area contributed by atoms with E-state index in [2.05, 4.69) is 6.58 Å². The maximum absolute atomic E-state index is 11.2. The standard InChI is InChI=1S/C11H18O4/c1-6-9(12)14-11(7-2)8(3)13-10(4,5)15-11/h6,8H,1,7H2,2-5H3. The molecule has 0 saturated carbocycles. The summed E-state index contributed by atoms with van der Waals surface area (Å²) in [6.45, 7) is 10.7. The van der Waals surface area contributed by atoms with E-state index in [0.29, 0.717) is 6.42 Å². The van der Waals surface area contributed by atoms with Crippen LogP contribution < -0.4 is 0 Å². The van der Waals surface area contributed by atoms with E-state index < -0.39 is 17.5 Å². The summed E-state index contributed by atoms with van der Waals surface area (Å²) in [5.41, 5.74) is 0. The van der Waals surface area contributed by atoms with Crippen LogP contribution in [0.5, 0.6) is 0 Å².